The molecular formula is C27H34FN7O. The molecule has 1 amide bonds. The molecule has 8 nitrogen and oxygen atoms in total. The number of hydrogen-bond donors (Lipinski definition) is 1. The zero-order chi connectivity index (χ0) is 24.7. The van der Waals surface area contributed by atoms with Crippen molar-refractivity contribution in [3.8, 4) is 11.1 Å². The number of nitrogens with zero attached hydrogens (tertiary/aromatic N) is 6. The first-order valence-corrected chi connectivity index (χ1v) is 13.1. The Labute approximate surface area is 210 Å². The summed E-state index contributed by atoms with van der Waals surface area (Å²) in [5.41, 5.74) is 4.46. The molecule has 1 N–H and O–H groups in total. The van der Waals surface area contributed by atoms with E-state index in [9.17, 15) is 9.18 Å². The van der Waals surface area contributed by atoms with E-state index in [1.165, 1.54) is 25.0 Å². The minimum absolute atomic E-state index is 0.00504. The van der Waals surface area contributed by atoms with E-state index < -0.39 is 0 Å². The maximum atomic E-state index is 12.8. The monoisotopic (exact) mass is 491 g/mol. The van der Waals surface area contributed by atoms with E-state index in [4.69, 9.17) is 0 Å². The third-order valence-electron chi connectivity index (χ3n) is 8.28. The fraction of sp³-hybridized carbons (Fsp3) is 0.556. The van der Waals surface area contributed by atoms with Gasteiger partial charge >= 0.3 is 0 Å². The summed E-state index contributed by atoms with van der Waals surface area (Å²) in [5, 5.41) is 17.1. The van der Waals surface area contributed by atoms with Crippen LogP contribution in [0.1, 0.15) is 37.8 Å². The van der Waals surface area contributed by atoms with Crippen molar-refractivity contribution >= 4 is 22.6 Å². The van der Waals surface area contributed by atoms with Gasteiger partial charge in [0, 0.05) is 50.1 Å². The minimum atomic E-state index is -0.303. The Kier molecular flexibility index (Phi) is 6.21. The number of nitrogens with one attached hydrogen (secondary N) is 1. The number of piperidine rings is 1. The van der Waals surface area contributed by atoms with E-state index in [0.29, 0.717) is 12.4 Å². The highest BCUT2D eigenvalue weighted by atomic mass is 19.1. The molecule has 2 saturated heterocycles. The highest BCUT2D eigenvalue weighted by Crippen LogP contribution is 2.52. The number of likely N-dealkylation sites (tertiary alicyclic amines) is 2. The summed E-state index contributed by atoms with van der Waals surface area (Å²) in [6, 6.07) is 8.08. The van der Waals surface area contributed by atoms with Gasteiger partial charge in [-0.25, -0.2) is 4.39 Å². The van der Waals surface area contributed by atoms with Crippen LogP contribution in [0.25, 0.3) is 22.0 Å². The summed E-state index contributed by atoms with van der Waals surface area (Å²) >= 11 is 0. The van der Waals surface area contributed by atoms with Crippen molar-refractivity contribution in [1.29, 1.82) is 0 Å². The number of fused-ring (bicyclic) bond motifs is 1. The van der Waals surface area contributed by atoms with Crippen molar-refractivity contribution in [1.82, 2.24) is 29.8 Å². The van der Waals surface area contributed by atoms with Gasteiger partial charge in [-0.2, -0.15) is 5.10 Å². The van der Waals surface area contributed by atoms with Gasteiger partial charge in [-0.05, 0) is 68.0 Å². The normalized spacial score (nSPS) is 20.4. The first kappa shape index (κ1) is 23.5. The molecule has 3 aromatic rings. The Balaban J connectivity index is 1.15. The predicted molar refractivity (Wildman–Crippen MR) is 137 cm³/mol. The highest BCUT2D eigenvalue weighted by Gasteiger charge is 2.54. The fourth-order valence-electron chi connectivity index (χ4n) is 6.33. The molecule has 1 aliphatic carbocycles. The van der Waals surface area contributed by atoms with Crippen molar-refractivity contribution in [2.24, 2.45) is 18.4 Å². The summed E-state index contributed by atoms with van der Waals surface area (Å²) in [6.07, 6.45) is 7.52. The molecule has 6 rings (SSSR count). The van der Waals surface area contributed by atoms with Gasteiger partial charge < -0.3 is 5.32 Å². The molecule has 0 radical (unpaired) electrons. The lowest BCUT2D eigenvalue weighted by atomic mass is 9.57. The number of alkyl halides is 1. The zero-order valence-electron chi connectivity index (χ0n) is 20.9. The van der Waals surface area contributed by atoms with Gasteiger partial charge in [0.2, 0.25) is 5.91 Å². The molecule has 9 heteroatoms. The SMILES string of the molecule is Cn1ncc(-c2ccc3nnc(NC(=O)C4CC5(C4)CN(CCF)C5)cc3c2)c1CN1CCCCC1. The van der Waals surface area contributed by atoms with Gasteiger partial charge in [0.1, 0.15) is 6.67 Å². The highest BCUT2D eigenvalue weighted by molar-refractivity contribution is 5.94. The van der Waals surface area contributed by atoms with Crippen molar-refractivity contribution in [3.05, 3.63) is 36.2 Å². The van der Waals surface area contributed by atoms with Crippen LogP contribution in [0.4, 0.5) is 10.2 Å². The lowest BCUT2D eigenvalue weighted by molar-refractivity contribution is -0.139. The number of rotatable bonds is 7. The van der Waals surface area contributed by atoms with Crippen LogP contribution < -0.4 is 5.32 Å². The number of aryl methyl sites for hydroxylation is 1. The van der Waals surface area contributed by atoms with Crippen LogP contribution in [0.3, 0.4) is 0 Å². The second-order valence-electron chi connectivity index (χ2n) is 11.0. The third kappa shape index (κ3) is 4.50. The molecule has 2 aromatic heterocycles. The lowest BCUT2D eigenvalue weighted by Gasteiger charge is -2.58. The number of benzene rings is 1. The van der Waals surface area contributed by atoms with Gasteiger partial charge in [0.05, 0.1) is 17.4 Å². The molecule has 0 bridgehead atoms. The molecule has 1 aromatic carbocycles. The molecule has 3 aliphatic rings. The number of hydrogen-bond acceptors (Lipinski definition) is 6. The van der Waals surface area contributed by atoms with Crippen molar-refractivity contribution < 1.29 is 9.18 Å². The standard InChI is InChI=1S/C27H34FN7O/c1-33-24(16-34-8-3-2-4-9-34)22(15-29-33)19-5-6-23-20(11-19)12-25(32-31-23)30-26(36)21-13-27(14-21)17-35(18-27)10-7-28/h5-6,11-12,15,21H,2-4,7-10,13-14,16-18H2,1H3,(H,30,32,36). The van der Waals surface area contributed by atoms with Crippen LogP contribution >= 0.6 is 0 Å². The Morgan fingerprint density at radius 1 is 1.11 bits per heavy atom. The molecule has 0 atom stereocenters. The molecule has 2 aliphatic heterocycles. The van der Waals surface area contributed by atoms with Crippen molar-refractivity contribution in [3.63, 3.8) is 0 Å². The molecule has 0 unspecified atom stereocenters. The van der Waals surface area contributed by atoms with E-state index in [1.54, 1.807) is 0 Å². The number of carbonyl (C=O) groups excluding carboxylic acids is 1. The van der Waals surface area contributed by atoms with Crippen molar-refractivity contribution in [2.75, 3.05) is 44.7 Å². The zero-order valence-corrected chi connectivity index (χ0v) is 20.9. The second-order valence-corrected chi connectivity index (χ2v) is 11.0. The topological polar surface area (TPSA) is 79.2 Å². The van der Waals surface area contributed by atoms with E-state index in [-0.39, 0.29) is 23.9 Å². The van der Waals surface area contributed by atoms with Crippen LogP contribution in [-0.4, -0.2) is 75.1 Å². The van der Waals surface area contributed by atoms with E-state index >= 15 is 0 Å². The number of anilines is 1. The summed E-state index contributed by atoms with van der Waals surface area (Å²) in [6.45, 7) is 5.20. The Bertz CT molecular complexity index is 1250. The molecule has 1 saturated carbocycles. The maximum absolute atomic E-state index is 12.8. The van der Waals surface area contributed by atoms with Gasteiger partial charge in [0.25, 0.3) is 0 Å². The summed E-state index contributed by atoms with van der Waals surface area (Å²) < 4.78 is 14.5. The molecule has 36 heavy (non-hydrogen) atoms. The summed E-state index contributed by atoms with van der Waals surface area (Å²) in [7, 11) is 2.01. The average Bonchev–Trinajstić information content (AvgIpc) is 3.19. The van der Waals surface area contributed by atoms with Crippen LogP contribution in [0.5, 0.6) is 0 Å². The van der Waals surface area contributed by atoms with Gasteiger partial charge in [-0.15, -0.1) is 10.2 Å². The van der Waals surface area contributed by atoms with E-state index in [0.717, 1.165) is 67.6 Å². The second kappa shape index (κ2) is 9.52. The largest absolute Gasteiger partial charge is 0.309 e. The quantitative estimate of drug-likeness (QED) is 0.544. The van der Waals surface area contributed by atoms with Gasteiger partial charge in [0.15, 0.2) is 5.82 Å². The van der Waals surface area contributed by atoms with Crippen LogP contribution in [0, 0.1) is 11.3 Å². The van der Waals surface area contributed by atoms with E-state index in [1.807, 2.05) is 30.1 Å². The first-order chi connectivity index (χ1) is 17.5. The Morgan fingerprint density at radius 2 is 1.92 bits per heavy atom. The molecule has 4 heterocycles. The summed E-state index contributed by atoms with van der Waals surface area (Å²) in [5.74, 6) is 0.484. The molecule has 1 spiro atoms. The smallest absolute Gasteiger partial charge is 0.228 e. The average molecular weight is 492 g/mol. The third-order valence-corrected chi connectivity index (χ3v) is 8.28. The lowest BCUT2D eigenvalue weighted by Crippen LogP contribution is -2.63. The van der Waals surface area contributed by atoms with Crippen LogP contribution in [0.2, 0.25) is 0 Å². The number of aromatic nitrogens is 4. The molecule has 3 fully saturated rings. The maximum Gasteiger partial charge on any atom is 0.228 e. The Hall–Kier alpha value is -2.91. The fourth-order valence-corrected chi connectivity index (χ4v) is 6.33. The number of carbonyl (C=O) groups is 1. The molecule has 190 valence electrons. The van der Waals surface area contributed by atoms with Crippen LogP contribution in [-0.2, 0) is 18.4 Å². The van der Waals surface area contributed by atoms with Gasteiger partial charge in [-0.3, -0.25) is 19.3 Å². The van der Waals surface area contributed by atoms with E-state index in [2.05, 4.69) is 42.5 Å². The van der Waals surface area contributed by atoms with Crippen LogP contribution in [0.15, 0.2) is 30.5 Å². The van der Waals surface area contributed by atoms with Crippen molar-refractivity contribution in [2.45, 2.75) is 38.6 Å². The first-order valence-electron chi connectivity index (χ1n) is 13.1. The number of amides is 1. The predicted octanol–water partition coefficient (Wildman–Crippen LogP) is 3.64. The Morgan fingerprint density at radius 3 is 2.69 bits per heavy atom. The molecular weight excluding hydrogens is 457 g/mol. The van der Waals surface area contributed by atoms with Gasteiger partial charge in [-0.1, -0.05) is 12.5 Å². The number of halogens is 1. The summed E-state index contributed by atoms with van der Waals surface area (Å²) in [4.78, 5) is 17.5. The minimum Gasteiger partial charge on any atom is -0.309 e.